The Morgan fingerprint density at radius 3 is 2.22 bits per heavy atom. The Balaban J connectivity index is 1.61. The van der Waals surface area contributed by atoms with Crippen molar-refractivity contribution in [3.05, 3.63) is 60.9 Å². The topological polar surface area (TPSA) is 239 Å². The first kappa shape index (κ1) is 54.6. The third-order valence-corrected chi connectivity index (χ3v) is 12.1. The molecule has 3 aromatic rings. The van der Waals surface area contributed by atoms with Crippen LogP contribution in [0, 0.1) is 29.6 Å². The van der Waals surface area contributed by atoms with E-state index >= 15 is 0 Å². The van der Waals surface area contributed by atoms with Gasteiger partial charge in [-0.05, 0) is 30.9 Å². The van der Waals surface area contributed by atoms with E-state index in [1.165, 1.54) is 56.8 Å². The van der Waals surface area contributed by atoms with Crippen LogP contribution >= 0.6 is 0 Å². The fraction of sp³-hybridized carbons (Fsp3) is 0.571. The van der Waals surface area contributed by atoms with Gasteiger partial charge in [0.15, 0.2) is 17.2 Å². The largest absolute Gasteiger partial charge is 0.462 e. The molecule has 4 heterocycles. The van der Waals surface area contributed by atoms with Crippen LogP contribution in [0.2, 0.25) is 0 Å². The standard InChI is InChI=1S/C49H66N4O15/c1-28(18-19-40(58)30(3)46(67-34(7)56)29(2)20-21-53(8)27-54)42(61-10)23-43-32(5)41(60-9)16-13-17-44-50-37(25-63-44)48-52-38(26-65-48)49-51-36(24-64-49)47(62-11)31(4)39(57)15-12-14-35(66-33(6)55)22-45(59)68-43/h12-13,15,17,20-21,24-32,35,41-43,46-47H,14,16,18-19,22-23H2,1-11H3/b15-12+,17-13+,21-20+. The predicted molar refractivity (Wildman–Crippen MR) is 245 cm³/mol. The van der Waals surface area contributed by atoms with Gasteiger partial charge < -0.3 is 46.6 Å². The van der Waals surface area contributed by atoms with Crippen molar-refractivity contribution < 1.29 is 70.4 Å². The van der Waals surface area contributed by atoms with Crippen LogP contribution in [0.4, 0.5) is 0 Å². The highest BCUT2D eigenvalue weighted by molar-refractivity contribution is 5.92. The Kier molecular flexibility index (Phi) is 21.2. The molecule has 372 valence electrons. The summed E-state index contributed by atoms with van der Waals surface area (Å²) in [6.07, 6.45) is 10.8. The molecule has 1 aliphatic heterocycles. The molecule has 19 nitrogen and oxygen atoms in total. The molecule has 6 bridgehead atoms. The second-order valence-electron chi connectivity index (χ2n) is 17.2. The summed E-state index contributed by atoms with van der Waals surface area (Å²) in [6, 6.07) is 0. The van der Waals surface area contributed by atoms with Crippen LogP contribution in [0.5, 0.6) is 0 Å². The van der Waals surface area contributed by atoms with Gasteiger partial charge in [-0.25, -0.2) is 15.0 Å². The molecule has 11 unspecified atom stereocenters. The number of fused-ring (bicyclic) bond motifs is 8. The molecule has 1 aliphatic rings. The zero-order valence-electron chi connectivity index (χ0n) is 40.8. The molecule has 0 aliphatic carbocycles. The first-order valence-corrected chi connectivity index (χ1v) is 22.6. The maximum atomic E-state index is 13.9. The summed E-state index contributed by atoms with van der Waals surface area (Å²) < 4.78 is 52.0. The normalized spacial score (nSPS) is 24.0. The number of esters is 3. The van der Waals surface area contributed by atoms with Crippen LogP contribution in [0.1, 0.15) is 105 Å². The minimum absolute atomic E-state index is 0.0227. The van der Waals surface area contributed by atoms with Crippen LogP contribution in [0.3, 0.4) is 0 Å². The summed E-state index contributed by atoms with van der Waals surface area (Å²) in [5, 5.41) is 0. The lowest BCUT2D eigenvalue weighted by Crippen LogP contribution is -2.39. The average molecular weight is 951 g/mol. The second kappa shape index (κ2) is 26.5. The smallest absolute Gasteiger partial charge is 0.309 e. The van der Waals surface area contributed by atoms with Crippen LogP contribution in [0.15, 0.2) is 62.5 Å². The minimum Gasteiger partial charge on any atom is -0.462 e. The molecule has 0 saturated heterocycles. The lowest BCUT2D eigenvalue weighted by molar-refractivity contribution is -0.163. The SMILES string of the molecule is COC(CC1OC(=O)CC(OC(C)=O)C/C=C/C(=O)C(C)C(OC)c2coc(n2)-c2coc(n2)-c2coc(n2)/C=C/CC(OC)C1C)C(C)CCC(=O)C(C)C(OC(C)=O)C(C)/C=C/N(C)C=O. The second-order valence-corrected chi connectivity index (χ2v) is 17.2. The summed E-state index contributed by atoms with van der Waals surface area (Å²) in [5.41, 5.74) is 0.941. The van der Waals surface area contributed by atoms with Gasteiger partial charge >= 0.3 is 17.9 Å². The number of hydrogen-bond acceptors (Lipinski definition) is 18. The van der Waals surface area contributed by atoms with Crippen molar-refractivity contribution in [2.45, 2.75) is 124 Å². The third-order valence-electron chi connectivity index (χ3n) is 12.1. The molecule has 0 fully saturated rings. The van der Waals surface area contributed by atoms with Gasteiger partial charge in [0.1, 0.15) is 54.7 Å². The Bertz CT molecular complexity index is 2220. The summed E-state index contributed by atoms with van der Waals surface area (Å²) in [4.78, 5) is 91.2. The Labute approximate surface area is 397 Å². The number of rotatable bonds is 17. The lowest BCUT2D eigenvalue weighted by Gasteiger charge is -2.34. The fourth-order valence-corrected chi connectivity index (χ4v) is 7.98. The van der Waals surface area contributed by atoms with E-state index in [0.717, 1.165) is 0 Å². The number of ketones is 2. The van der Waals surface area contributed by atoms with E-state index in [2.05, 4.69) is 15.0 Å². The van der Waals surface area contributed by atoms with Crippen molar-refractivity contribution in [1.29, 1.82) is 0 Å². The monoisotopic (exact) mass is 950 g/mol. The van der Waals surface area contributed by atoms with Crippen molar-refractivity contribution in [1.82, 2.24) is 19.9 Å². The number of nitrogens with zero attached hydrogens (tertiary/aromatic N) is 4. The summed E-state index contributed by atoms with van der Waals surface area (Å²) >= 11 is 0. The zero-order valence-corrected chi connectivity index (χ0v) is 40.8. The number of cyclic esters (lactones) is 1. The number of carbonyl (C=O) groups is 6. The first-order chi connectivity index (χ1) is 32.4. The van der Waals surface area contributed by atoms with E-state index in [-0.39, 0.29) is 72.5 Å². The van der Waals surface area contributed by atoms with Gasteiger partial charge in [-0.1, -0.05) is 52.8 Å². The highest BCUT2D eigenvalue weighted by Gasteiger charge is 2.35. The van der Waals surface area contributed by atoms with E-state index in [1.54, 1.807) is 60.4 Å². The van der Waals surface area contributed by atoms with Crippen molar-refractivity contribution in [2.24, 2.45) is 29.6 Å². The molecule has 1 amide bonds. The first-order valence-electron chi connectivity index (χ1n) is 22.6. The van der Waals surface area contributed by atoms with Crippen LogP contribution in [-0.2, 0) is 57.2 Å². The highest BCUT2D eigenvalue weighted by atomic mass is 16.6. The average Bonchev–Trinajstić information content (AvgIpc) is 4.10. The van der Waals surface area contributed by atoms with E-state index in [4.69, 9.17) is 41.7 Å². The van der Waals surface area contributed by atoms with Crippen LogP contribution in [-0.4, -0.2) is 115 Å². The third kappa shape index (κ3) is 15.8. The molecule has 11 atom stereocenters. The molecule has 0 saturated carbocycles. The van der Waals surface area contributed by atoms with Gasteiger partial charge in [-0.3, -0.25) is 28.8 Å². The number of amides is 1. The molecule has 4 rings (SSSR count). The summed E-state index contributed by atoms with van der Waals surface area (Å²) in [6.45, 7) is 11.5. The number of ether oxygens (including phenoxy) is 6. The predicted octanol–water partition coefficient (Wildman–Crippen LogP) is 7.32. The van der Waals surface area contributed by atoms with E-state index in [9.17, 15) is 28.8 Å². The lowest BCUT2D eigenvalue weighted by atomic mass is 9.84. The number of allylic oxidation sites excluding steroid dienone is 1. The minimum atomic E-state index is -0.967. The molecule has 0 radical (unpaired) electrons. The molecule has 0 spiro atoms. The zero-order chi connectivity index (χ0) is 50.1. The fourth-order valence-electron chi connectivity index (χ4n) is 7.98. The number of aromatic nitrogens is 3. The van der Waals surface area contributed by atoms with Gasteiger partial charge in [0.2, 0.25) is 24.1 Å². The van der Waals surface area contributed by atoms with Crippen molar-refractivity contribution in [3.63, 3.8) is 0 Å². The van der Waals surface area contributed by atoms with Gasteiger partial charge in [-0.2, -0.15) is 0 Å². The molecule has 68 heavy (non-hydrogen) atoms. The number of carbonyl (C=O) groups excluding carboxylic acids is 6. The maximum Gasteiger partial charge on any atom is 0.309 e. The highest BCUT2D eigenvalue weighted by Crippen LogP contribution is 2.32. The Morgan fingerprint density at radius 1 is 0.882 bits per heavy atom. The molecule has 3 aromatic heterocycles. The molecule has 19 heteroatoms. The number of Topliss-reactive ketones (excluding diaryl/α,β-unsaturated/α-hetero) is 1. The molecular weight excluding hydrogens is 885 g/mol. The number of methoxy groups -OCH3 is 3. The molecule has 0 aromatic carbocycles. The number of oxazole rings is 3. The van der Waals surface area contributed by atoms with Gasteiger partial charge in [0.25, 0.3) is 0 Å². The van der Waals surface area contributed by atoms with Gasteiger partial charge in [0.05, 0.1) is 30.5 Å². The van der Waals surface area contributed by atoms with Gasteiger partial charge in [0, 0.05) is 79.5 Å². The Morgan fingerprint density at radius 2 is 1.56 bits per heavy atom. The molecule has 0 N–H and O–H groups in total. The summed E-state index contributed by atoms with van der Waals surface area (Å²) in [7, 11) is 6.11. The van der Waals surface area contributed by atoms with E-state index in [0.29, 0.717) is 30.6 Å². The van der Waals surface area contributed by atoms with Crippen molar-refractivity contribution in [3.8, 4) is 23.2 Å². The Hall–Kier alpha value is -6.05. The van der Waals surface area contributed by atoms with E-state index < -0.39 is 72.3 Å². The van der Waals surface area contributed by atoms with E-state index in [1.807, 2.05) is 19.9 Å². The van der Waals surface area contributed by atoms with Crippen LogP contribution < -0.4 is 0 Å². The van der Waals surface area contributed by atoms with Crippen molar-refractivity contribution >= 4 is 42.0 Å². The maximum absolute atomic E-state index is 13.9. The molecular formula is C49H66N4O15. The van der Waals surface area contributed by atoms with Crippen LogP contribution in [0.25, 0.3) is 29.2 Å². The quantitative estimate of drug-likeness (QED) is 0.0731. The van der Waals surface area contributed by atoms with Crippen molar-refractivity contribution in [2.75, 3.05) is 28.4 Å². The number of hydrogen-bond donors (Lipinski definition) is 0. The summed E-state index contributed by atoms with van der Waals surface area (Å²) in [5.74, 6) is -4.13. The van der Waals surface area contributed by atoms with Gasteiger partial charge in [-0.15, -0.1) is 0 Å².